The van der Waals surface area contributed by atoms with Gasteiger partial charge in [-0.1, -0.05) is 26.3 Å². The van der Waals surface area contributed by atoms with E-state index < -0.39 is 220 Å². The van der Waals surface area contributed by atoms with Gasteiger partial charge in [-0.05, 0) is 196 Å². The number of rotatable bonds is 32. The summed E-state index contributed by atoms with van der Waals surface area (Å²) in [5.41, 5.74) is 1.16. The van der Waals surface area contributed by atoms with Gasteiger partial charge in [-0.2, -0.15) is 0 Å². The van der Waals surface area contributed by atoms with E-state index >= 15 is 0 Å². The fourth-order valence-electron chi connectivity index (χ4n) is 14.2. The normalized spacial score (nSPS) is 35.4. The molecule has 4 saturated heterocycles. The highest BCUT2D eigenvalue weighted by Crippen LogP contribution is 2.44. The van der Waals surface area contributed by atoms with Crippen molar-refractivity contribution in [2.24, 2.45) is 0 Å². The molecule has 4 rings (SSSR count). The molecule has 13 atom stereocenters. The van der Waals surface area contributed by atoms with Gasteiger partial charge in [0.25, 0.3) is 0 Å². The molecular weight excluding hydrogens is 1760 g/mol. The second-order valence-corrected chi connectivity index (χ2v) is 119. The Labute approximate surface area is 650 Å². The van der Waals surface area contributed by atoms with E-state index in [9.17, 15) is 19.2 Å². The molecule has 4 heterocycles. The van der Waals surface area contributed by atoms with Gasteiger partial charge in [0.1, 0.15) is 0 Å². The number of hydrogen-bond donors (Lipinski definition) is 2. The van der Waals surface area contributed by atoms with Crippen LogP contribution in [0, 0.1) is 0 Å². The fourth-order valence-corrected chi connectivity index (χ4v) is 141. The zero-order valence-electron chi connectivity index (χ0n) is 69.7. The number of carbonyl (C=O) groups excluding carboxylic acids is 2. The van der Waals surface area contributed by atoms with E-state index in [1.54, 1.807) is 53.1 Å². The van der Waals surface area contributed by atoms with Gasteiger partial charge in [0.05, 0.1) is 20.4 Å². The number of esters is 2. The molecule has 0 aromatic heterocycles. The molecule has 2 bridgehead atoms. The molecule has 0 aromatic carbocycles. The van der Waals surface area contributed by atoms with Crippen LogP contribution in [0.5, 0.6) is 0 Å². The number of ether oxygens (including phenoxy) is 2. The summed E-state index contributed by atoms with van der Waals surface area (Å²) in [6, 6.07) is 0.421. The third-order valence-corrected chi connectivity index (χ3v) is 118. The van der Waals surface area contributed by atoms with Crippen LogP contribution in [0.2, 0.25) is 241 Å². The zero-order valence-corrected chi connectivity index (χ0v) is 94.2. The van der Waals surface area contributed by atoms with Crippen LogP contribution in [0.15, 0.2) is 24.3 Å². The molecule has 13 unspecified atom stereocenters. The van der Waals surface area contributed by atoms with Gasteiger partial charge in [0, 0.05) is 79.1 Å². The highest BCUT2D eigenvalue weighted by atomic mass is 29.2. The zero-order chi connectivity index (χ0) is 80.9. The lowest BCUT2D eigenvalue weighted by Gasteiger charge is -2.54. The van der Waals surface area contributed by atoms with Crippen molar-refractivity contribution in [2.45, 2.75) is 268 Å². The van der Waals surface area contributed by atoms with Crippen LogP contribution in [0.3, 0.4) is 0 Å². The molecule has 4 fully saturated rings. The van der Waals surface area contributed by atoms with Crippen LogP contribution >= 0.6 is 0 Å². The minimum Gasteiger partial charge on any atom is -0.466 e. The average Bonchev–Trinajstić information content (AvgIpc) is 0.746. The Morgan fingerprint density at radius 1 is 0.404 bits per heavy atom. The van der Waals surface area contributed by atoms with Gasteiger partial charge in [-0.15, -0.1) is 0 Å². The summed E-state index contributed by atoms with van der Waals surface area (Å²) < 4.78 is 186. The topological polar surface area (TPSA) is 324 Å². The highest BCUT2D eigenvalue weighted by molar-refractivity contribution is 7.27. The molecule has 610 valence electrons. The standard InChI is InChI=1S/C49H132O31Si24/c1-46(2)48(50)54-42-40-41-43-94(29)71-96(31,52)56-82(6)57-98(33,72-94)64-87(16,17)59-85(12,13)61-89(20,21)68-101(36)75-97(32,53)76-102(37,80-103(38,79-101)65-84(10,11)58-83(7,8)9)69-90(22,23)62-86(14,15)60-88(18,19)66-99(34)73-95(30,45-93(28,81-5)44-55-49(51)47(3)4)74-100(35)67-91(24,25)63-92(26,27)70-104(39,77-99)78-100/h52-53,82H,1,3,40-45,81H2,2,4-39H3. The Bertz CT molecular complexity index is 3020. The van der Waals surface area contributed by atoms with Crippen LogP contribution in [0.1, 0.15) is 26.7 Å². The third kappa shape index (κ3) is 33.6. The van der Waals surface area contributed by atoms with E-state index in [1.165, 1.54) is 6.55 Å². The van der Waals surface area contributed by atoms with Gasteiger partial charge in [0.15, 0.2) is 8.32 Å². The van der Waals surface area contributed by atoms with Gasteiger partial charge in [-0.3, -0.25) is 0 Å². The van der Waals surface area contributed by atoms with Gasteiger partial charge in [0.2, 0.25) is 0 Å². The maximum absolute atomic E-state index is 12.9. The summed E-state index contributed by atoms with van der Waals surface area (Å²) in [4.78, 5) is 48.9. The number of fused-ring (bicyclic) bond motifs is 2. The van der Waals surface area contributed by atoms with Crippen molar-refractivity contribution >= 4 is 220 Å². The molecule has 31 nitrogen and oxygen atoms in total. The summed E-state index contributed by atoms with van der Waals surface area (Å²) >= 11 is 0. The van der Waals surface area contributed by atoms with Crippen molar-refractivity contribution < 1.29 is 132 Å². The van der Waals surface area contributed by atoms with Crippen molar-refractivity contribution in [1.82, 2.24) is 0 Å². The van der Waals surface area contributed by atoms with E-state index in [0.29, 0.717) is 35.7 Å². The second-order valence-electron chi connectivity index (χ2n) is 34.0. The Kier molecular flexibility index (Phi) is 32.6. The summed E-state index contributed by atoms with van der Waals surface area (Å²) in [6.45, 7) is 76.8. The first kappa shape index (κ1) is 98.9. The molecule has 55 heteroatoms. The number of unbranched alkanes of at least 4 members (excludes halogenated alkanes) is 1. The largest absolute Gasteiger partial charge is 0.480 e. The van der Waals surface area contributed by atoms with Crippen molar-refractivity contribution in [2.75, 3.05) is 12.8 Å². The van der Waals surface area contributed by atoms with E-state index in [1.807, 2.05) is 151 Å². The Balaban J connectivity index is 1.66. The van der Waals surface area contributed by atoms with Crippen molar-refractivity contribution in [3.8, 4) is 0 Å². The highest BCUT2D eigenvalue weighted by Gasteiger charge is 2.70. The van der Waals surface area contributed by atoms with Crippen molar-refractivity contribution in [3.05, 3.63) is 24.3 Å². The first-order chi connectivity index (χ1) is 45.8. The van der Waals surface area contributed by atoms with Crippen molar-refractivity contribution in [1.29, 1.82) is 0 Å². The monoisotopic (exact) mass is 1890 g/mol. The predicted molar refractivity (Wildman–Crippen MR) is 449 cm³/mol. The predicted octanol–water partition coefficient (Wildman–Crippen LogP) is 10.6. The molecule has 104 heavy (non-hydrogen) atoms. The fraction of sp³-hybridized carbons (Fsp3) is 0.878. The Morgan fingerprint density at radius 3 is 1.17 bits per heavy atom. The third-order valence-electron chi connectivity index (χ3n) is 14.7. The summed E-state index contributed by atoms with van der Waals surface area (Å²) in [5.74, 6) is -0.910. The Hall–Kier alpha value is 2.55. The van der Waals surface area contributed by atoms with Crippen LogP contribution in [0.25, 0.3) is 0 Å². The van der Waals surface area contributed by atoms with E-state index in [4.69, 9.17) is 112 Å². The van der Waals surface area contributed by atoms with Gasteiger partial charge >= 0.3 is 195 Å². The molecule has 0 radical (unpaired) electrons. The molecule has 0 spiro atoms. The average molecular weight is 1890 g/mol. The molecule has 0 aromatic rings. The van der Waals surface area contributed by atoms with Gasteiger partial charge in [-0.25, -0.2) is 9.59 Å². The van der Waals surface area contributed by atoms with Crippen LogP contribution in [-0.4, -0.2) is 242 Å². The minimum absolute atomic E-state index is 0.179. The van der Waals surface area contributed by atoms with E-state index in [-0.39, 0.29) is 12.8 Å². The molecule has 0 saturated carbocycles. The first-order valence-corrected chi connectivity index (χ1v) is 98.0. The van der Waals surface area contributed by atoms with Crippen LogP contribution < -0.4 is 0 Å². The quantitative estimate of drug-likeness (QED) is 0.0273. The van der Waals surface area contributed by atoms with Crippen molar-refractivity contribution in [3.63, 3.8) is 0 Å². The maximum Gasteiger partial charge on any atom is 0.480 e. The van der Waals surface area contributed by atoms with Crippen LogP contribution in [-0.2, 0) is 122 Å². The molecule has 2 N–H and O–H groups in total. The maximum atomic E-state index is 12.9. The summed E-state index contributed by atoms with van der Waals surface area (Å²) in [7, 11) is -80.4. The number of carbonyl (C=O) groups is 2. The van der Waals surface area contributed by atoms with Crippen LogP contribution in [0.4, 0.5) is 0 Å². The van der Waals surface area contributed by atoms with E-state index in [2.05, 4.69) is 45.9 Å². The molecular formula is C49H132O31Si24. The molecule has 4 aliphatic rings. The first-order valence-electron chi connectivity index (χ1n) is 35.4. The Morgan fingerprint density at radius 2 is 0.769 bits per heavy atom. The van der Waals surface area contributed by atoms with E-state index in [0.717, 1.165) is 0 Å². The lowest BCUT2D eigenvalue weighted by atomic mass is 10.3. The minimum atomic E-state index is -4.42. The lowest BCUT2D eigenvalue weighted by molar-refractivity contribution is -0.139. The SMILES string of the molecule is C=C(C)C(=O)OCCCC[Si]1(C)O[Si](C)(O)O[SiH](C)O[Si](C)(O[Si](C)(C)O[Si](C)(C)O[Si](C)(C)O[Si]2(C)O[Si](C)(O)O[Si](C)(O[Si](C)(C)O[Si](C)(C)O[Si](C)(C)O[Si]3(C)O[Si](C)(C[Si](C)(COC(=O)C(=C)C)[SiH2]C)O[Si]4(C)O[Si](C)(C)O[Si](C)(C)O[Si](C)(O3)O4)O[Si](C)(O[Si](C)(C)O[Si](C)(C)C)O2)O1. The number of hydrogen-bond acceptors (Lipinski definition) is 31. The van der Waals surface area contributed by atoms with Gasteiger partial charge < -0.3 is 122 Å². The second kappa shape index (κ2) is 34.2. The summed E-state index contributed by atoms with van der Waals surface area (Å²) in [5, 5.41) is 0. The smallest absolute Gasteiger partial charge is 0.466 e. The molecule has 0 amide bonds. The molecule has 0 aliphatic carbocycles. The summed E-state index contributed by atoms with van der Waals surface area (Å²) in [6.07, 6.45) is 1.34. The lowest BCUT2D eigenvalue weighted by Crippen LogP contribution is -2.76. The molecule has 4 aliphatic heterocycles.